The molecule has 0 heterocycles. The molecular weight excluding hydrogens is 305 g/mol. The number of thioether (sulfide) groups is 1. The minimum absolute atomic E-state index is 0.0411. The summed E-state index contributed by atoms with van der Waals surface area (Å²) in [5.41, 5.74) is 0.538. The first kappa shape index (κ1) is 14.5. The number of hydrogen-bond acceptors (Lipinski definition) is 2. The molecule has 0 saturated carbocycles. The lowest BCUT2D eigenvalue weighted by Gasteiger charge is -2.21. The van der Waals surface area contributed by atoms with Crippen molar-refractivity contribution in [2.24, 2.45) is 0 Å². The zero-order valence-electron chi connectivity index (χ0n) is 9.87. The van der Waals surface area contributed by atoms with E-state index in [1.807, 2.05) is 13.2 Å². The molecule has 0 unspecified atom stereocenters. The minimum atomic E-state index is -0.274. The van der Waals surface area contributed by atoms with Gasteiger partial charge in [-0.25, -0.2) is 4.39 Å². The summed E-state index contributed by atoms with van der Waals surface area (Å²) in [7, 11) is 0. The van der Waals surface area contributed by atoms with Gasteiger partial charge in [0.25, 0.3) is 0 Å². The predicted octanol–water partition coefficient (Wildman–Crippen LogP) is 3.30. The van der Waals surface area contributed by atoms with Gasteiger partial charge in [0, 0.05) is 23.1 Å². The lowest BCUT2D eigenvalue weighted by atomic mass is 10.2. The van der Waals surface area contributed by atoms with Gasteiger partial charge < -0.3 is 4.90 Å². The molecular formula is C12H15BrFNOS. The second kappa shape index (κ2) is 7.01. The van der Waals surface area contributed by atoms with Gasteiger partial charge in [0.1, 0.15) is 5.82 Å². The van der Waals surface area contributed by atoms with Crippen LogP contribution in [0.1, 0.15) is 12.5 Å². The Kier molecular flexibility index (Phi) is 5.98. The number of hydrogen-bond donors (Lipinski definition) is 0. The Morgan fingerprint density at radius 1 is 1.53 bits per heavy atom. The molecule has 5 heteroatoms. The normalized spacial score (nSPS) is 10.4. The molecule has 17 heavy (non-hydrogen) atoms. The topological polar surface area (TPSA) is 20.3 Å². The Bertz CT molecular complexity index is 400. The molecule has 1 aromatic carbocycles. The molecule has 0 bridgehead atoms. The molecule has 1 aromatic rings. The molecule has 1 rings (SSSR count). The van der Waals surface area contributed by atoms with E-state index in [2.05, 4.69) is 15.9 Å². The molecule has 0 saturated heterocycles. The fourth-order valence-electron chi connectivity index (χ4n) is 1.46. The van der Waals surface area contributed by atoms with Gasteiger partial charge in [-0.2, -0.15) is 11.8 Å². The van der Waals surface area contributed by atoms with E-state index in [4.69, 9.17) is 0 Å². The molecule has 0 aliphatic heterocycles. The number of rotatable bonds is 5. The first-order chi connectivity index (χ1) is 8.08. The van der Waals surface area contributed by atoms with E-state index < -0.39 is 0 Å². The van der Waals surface area contributed by atoms with Crippen LogP contribution in [0.4, 0.5) is 4.39 Å². The van der Waals surface area contributed by atoms with Crippen LogP contribution >= 0.6 is 27.7 Å². The summed E-state index contributed by atoms with van der Waals surface area (Å²) in [5, 5.41) is 0. The number of carbonyl (C=O) groups excluding carboxylic acids is 1. The standard InChI is InChI=1S/C12H15BrFNOS/c1-3-15(12(16)8-17-2)7-9-6-10(13)4-5-11(9)14/h4-6H,3,7-8H2,1-2H3. The number of halogens is 2. The van der Waals surface area contributed by atoms with Crippen LogP contribution in [0.5, 0.6) is 0 Å². The van der Waals surface area contributed by atoms with E-state index in [0.29, 0.717) is 24.4 Å². The van der Waals surface area contributed by atoms with E-state index in [0.717, 1.165) is 4.47 Å². The second-order valence-corrected chi connectivity index (χ2v) is 5.36. The maximum Gasteiger partial charge on any atom is 0.232 e. The Hall–Kier alpha value is -0.550. The molecule has 0 N–H and O–H groups in total. The smallest absolute Gasteiger partial charge is 0.232 e. The number of nitrogens with zero attached hydrogens (tertiary/aromatic N) is 1. The van der Waals surface area contributed by atoms with E-state index in [-0.39, 0.29) is 11.7 Å². The predicted molar refractivity (Wildman–Crippen MR) is 73.6 cm³/mol. The van der Waals surface area contributed by atoms with E-state index in [1.165, 1.54) is 17.8 Å². The van der Waals surface area contributed by atoms with Gasteiger partial charge >= 0.3 is 0 Å². The van der Waals surface area contributed by atoms with Crippen molar-refractivity contribution in [2.45, 2.75) is 13.5 Å². The molecule has 0 spiro atoms. The summed E-state index contributed by atoms with van der Waals surface area (Å²) in [6, 6.07) is 4.77. The van der Waals surface area contributed by atoms with Crippen LogP contribution in [0.2, 0.25) is 0 Å². The van der Waals surface area contributed by atoms with Gasteiger partial charge in [-0.3, -0.25) is 4.79 Å². The largest absolute Gasteiger partial charge is 0.338 e. The Morgan fingerprint density at radius 3 is 2.82 bits per heavy atom. The molecule has 0 aliphatic rings. The van der Waals surface area contributed by atoms with Gasteiger partial charge in [-0.05, 0) is 31.4 Å². The molecule has 1 amide bonds. The lowest BCUT2D eigenvalue weighted by molar-refractivity contribution is -0.128. The van der Waals surface area contributed by atoms with Crippen molar-refractivity contribution in [3.05, 3.63) is 34.1 Å². The Labute approximate surface area is 114 Å². The number of benzene rings is 1. The van der Waals surface area contributed by atoms with Crippen LogP contribution in [-0.2, 0) is 11.3 Å². The first-order valence-electron chi connectivity index (χ1n) is 5.29. The summed E-state index contributed by atoms with van der Waals surface area (Å²) in [5.74, 6) is 0.201. The zero-order valence-corrected chi connectivity index (χ0v) is 12.3. The highest BCUT2D eigenvalue weighted by molar-refractivity contribution is 9.10. The monoisotopic (exact) mass is 319 g/mol. The molecule has 0 aromatic heterocycles. The zero-order chi connectivity index (χ0) is 12.8. The van der Waals surface area contributed by atoms with Crippen molar-refractivity contribution in [3.63, 3.8) is 0 Å². The van der Waals surface area contributed by atoms with E-state index >= 15 is 0 Å². The van der Waals surface area contributed by atoms with Crippen molar-refractivity contribution < 1.29 is 9.18 Å². The van der Waals surface area contributed by atoms with Crippen LogP contribution in [-0.4, -0.2) is 29.4 Å². The van der Waals surface area contributed by atoms with Crippen LogP contribution < -0.4 is 0 Å². The molecule has 94 valence electrons. The highest BCUT2D eigenvalue weighted by Gasteiger charge is 2.13. The van der Waals surface area contributed by atoms with Gasteiger partial charge in [-0.15, -0.1) is 0 Å². The van der Waals surface area contributed by atoms with E-state index in [9.17, 15) is 9.18 Å². The van der Waals surface area contributed by atoms with Crippen molar-refractivity contribution in [1.29, 1.82) is 0 Å². The molecule has 2 nitrogen and oxygen atoms in total. The summed E-state index contributed by atoms with van der Waals surface area (Å²) >= 11 is 4.78. The maximum atomic E-state index is 13.6. The molecule has 0 atom stereocenters. The van der Waals surface area contributed by atoms with Crippen molar-refractivity contribution in [2.75, 3.05) is 18.6 Å². The first-order valence-corrected chi connectivity index (χ1v) is 7.47. The third-order valence-electron chi connectivity index (χ3n) is 2.37. The van der Waals surface area contributed by atoms with Crippen LogP contribution in [0, 0.1) is 5.82 Å². The molecule has 0 radical (unpaired) electrons. The van der Waals surface area contributed by atoms with Crippen LogP contribution in [0.25, 0.3) is 0 Å². The van der Waals surface area contributed by atoms with Gasteiger partial charge in [0.2, 0.25) is 5.91 Å². The van der Waals surface area contributed by atoms with E-state index in [1.54, 1.807) is 17.0 Å². The lowest BCUT2D eigenvalue weighted by Crippen LogP contribution is -2.32. The summed E-state index contributed by atoms with van der Waals surface area (Å²) in [4.78, 5) is 13.4. The highest BCUT2D eigenvalue weighted by atomic mass is 79.9. The molecule has 0 fully saturated rings. The summed E-state index contributed by atoms with van der Waals surface area (Å²) < 4.78 is 14.4. The third kappa shape index (κ3) is 4.32. The minimum Gasteiger partial charge on any atom is -0.338 e. The van der Waals surface area contributed by atoms with Gasteiger partial charge in [0.15, 0.2) is 0 Å². The summed E-state index contributed by atoms with van der Waals surface area (Å²) in [6.07, 6.45) is 1.88. The fraction of sp³-hybridized carbons (Fsp3) is 0.417. The SMILES string of the molecule is CCN(Cc1cc(Br)ccc1F)C(=O)CSC. The Balaban J connectivity index is 2.80. The quantitative estimate of drug-likeness (QED) is 0.830. The fourth-order valence-corrected chi connectivity index (χ4v) is 2.30. The van der Waals surface area contributed by atoms with Crippen LogP contribution in [0.15, 0.2) is 22.7 Å². The van der Waals surface area contributed by atoms with Crippen molar-refractivity contribution in [3.8, 4) is 0 Å². The average Bonchev–Trinajstić information content (AvgIpc) is 2.30. The Morgan fingerprint density at radius 2 is 2.24 bits per heavy atom. The van der Waals surface area contributed by atoms with Crippen LogP contribution in [0.3, 0.4) is 0 Å². The summed E-state index contributed by atoms with van der Waals surface area (Å²) in [6.45, 7) is 2.81. The average molecular weight is 320 g/mol. The number of carbonyl (C=O) groups is 1. The third-order valence-corrected chi connectivity index (χ3v) is 3.40. The van der Waals surface area contributed by atoms with Crippen molar-refractivity contribution >= 4 is 33.6 Å². The number of amides is 1. The van der Waals surface area contributed by atoms with Crippen molar-refractivity contribution in [1.82, 2.24) is 4.90 Å². The highest BCUT2D eigenvalue weighted by Crippen LogP contribution is 2.17. The van der Waals surface area contributed by atoms with Gasteiger partial charge in [-0.1, -0.05) is 15.9 Å². The maximum absolute atomic E-state index is 13.6. The molecule has 0 aliphatic carbocycles. The van der Waals surface area contributed by atoms with Gasteiger partial charge in [0.05, 0.1) is 5.75 Å². The second-order valence-electron chi connectivity index (χ2n) is 3.58.